The summed E-state index contributed by atoms with van der Waals surface area (Å²) in [5.74, 6) is -0.312. The lowest BCUT2D eigenvalue weighted by Gasteiger charge is -2.30. The molecule has 3 rings (SSSR count). The van der Waals surface area contributed by atoms with E-state index in [2.05, 4.69) is 22.9 Å². The minimum absolute atomic E-state index is 0.113. The Balaban J connectivity index is 1.68. The fourth-order valence-electron chi connectivity index (χ4n) is 3.26. The van der Waals surface area contributed by atoms with E-state index in [-0.39, 0.29) is 17.9 Å². The lowest BCUT2D eigenvalue weighted by molar-refractivity contribution is -0.123. The van der Waals surface area contributed by atoms with Crippen molar-refractivity contribution in [3.63, 3.8) is 0 Å². The molecule has 2 amide bonds. The fourth-order valence-corrected chi connectivity index (χ4v) is 3.89. The molecule has 3 atom stereocenters. The molecule has 0 bridgehead atoms. The zero-order chi connectivity index (χ0) is 18.4. The Bertz CT molecular complexity index is 718. The Labute approximate surface area is 158 Å². The molecule has 0 aliphatic carbocycles. The summed E-state index contributed by atoms with van der Waals surface area (Å²) in [4.78, 5) is 26.0. The molecule has 1 fully saturated rings. The van der Waals surface area contributed by atoms with Crippen LogP contribution in [0.2, 0.25) is 0 Å². The summed E-state index contributed by atoms with van der Waals surface area (Å²) in [6.07, 6.45) is 2.29. The van der Waals surface area contributed by atoms with E-state index in [1.165, 1.54) is 11.3 Å². The van der Waals surface area contributed by atoms with E-state index in [0.717, 1.165) is 24.9 Å². The molecule has 6 heteroatoms. The number of piperidine rings is 1. The molecule has 138 valence electrons. The molecule has 2 heterocycles. The maximum absolute atomic E-state index is 12.9. The van der Waals surface area contributed by atoms with Gasteiger partial charge in [0, 0.05) is 18.5 Å². The summed E-state index contributed by atoms with van der Waals surface area (Å²) in [5.41, 5.74) is 1.03. The minimum Gasteiger partial charge on any atom is -0.351 e. The van der Waals surface area contributed by atoms with Gasteiger partial charge in [0.2, 0.25) is 5.91 Å². The lowest BCUT2D eigenvalue weighted by atomic mass is 9.99. The van der Waals surface area contributed by atoms with E-state index < -0.39 is 6.04 Å². The van der Waals surface area contributed by atoms with Crippen LogP contribution in [0.5, 0.6) is 0 Å². The fraction of sp³-hybridized carbons (Fsp3) is 0.400. The Morgan fingerprint density at radius 3 is 2.73 bits per heavy atom. The number of hydrogen-bond donors (Lipinski definition) is 3. The maximum atomic E-state index is 12.9. The van der Waals surface area contributed by atoms with Crippen LogP contribution in [0.25, 0.3) is 0 Å². The van der Waals surface area contributed by atoms with Crippen LogP contribution in [0.3, 0.4) is 0 Å². The number of carbonyl (C=O) groups excluding carboxylic acids is 2. The van der Waals surface area contributed by atoms with Crippen LogP contribution in [-0.2, 0) is 11.2 Å². The quantitative estimate of drug-likeness (QED) is 0.730. The molecule has 1 aliphatic heterocycles. The van der Waals surface area contributed by atoms with Gasteiger partial charge in [-0.25, -0.2) is 0 Å². The lowest BCUT2D eigenvalue weighted by Crippen LogP contribution is -2.53. The monoisotopic (exact) mass is 371 g/mol. The average molecular weight is 372 g/mol. The van der Waals surface area contributed by atoms with Gasteiger partial charge in [-0.3, -0.25) is 9.59 Å². The molecular weight excluding hydrogens is 346 g/mol. The van der Waals surface area contributed by atoms with E-state index in [9.17, 15) is 9.59 Å². The molecule has 26 heavy (non-hydrogen) atoms. The second-order valence-corrected chi connectivity index (χ2v) is 7.73. The Hall–Kier alpha value is -2.18. The van der Waals surface area contributed by atoms with Gasteiger partial charge >= 0.3 is 0 Å². The highest BCUT2D eigenvalue weighted by Crippen LogP contribution is 2.12. The van der Waals surface area contributed by atoms with Crippen LogP contribution >= 0.6 is 11.3 Å². The van der Waals surface area contributed by atoms with Crippen molar-refractivity contribution in [3.8, 4) is 0 Å². The molecule has 5 nitrogen and oxygen atoms in total. The highest BCUT2D eigenvalue weighted by atomic mass is 32.1. The number of nitrogens with one attached hydrogen (secondary N) is 3. The van der Waals surface area contributed by atoms with Crippen molar-refractivity contribution in [3.05, 3.63) is 58.3 Å². The molecule has 1 aromatic heterocycles. The molecule has 0 spiro atoms. The minimum atomic E-state index is -0.586. The molecule has 0 radical (unpaired) electrons. The van der Waals surface area contributed by atoms with Crippen LogP contribution in [-0.4, -0.2) is 36.5 Å². The third-order valence-corrected chi connectivity index (χ3v) is 5.49. The molecule has 3 unspecified atom stereocenters. The van der Waals surface area contributed by atoms with Gasteiger partial charge in [0.05, 0.1) is 4.88 Å². The van der Waals surface area contributed by atoms with Gasteiger partial charge in [-0.05, 0) is 43.3 Å². The average Bonchev–Trinajstić information content (AvgIpc) is 3.17. The molecule has 3 N–H and O–H groups in total. The summed E-state index contributed by atoms with van der Waals surface area (Å²) in [6.45, 7) is 3.02. The number of rotatable bonds is 6. The number of benzene rings is 1. The van der Waals surface area contributed by atoms with E-state index in [4.69, 9.17) is 0 Å². The number of carbonyl (C=O) groups is 2. The number of hydrogen-bond acceptors (Lipinski definition) is 4. The van der Waals surface area contributed by atoms with Crippen LogP contribution in [0.15, 0.2) is 47.8 Å². The predicted molar refractivity (Wildman–Crippen MR) is 104 cm³/mol. The van der Waals surface area contributed by atoms with Crippen LogP contribution in [0.4, 0.5) is 0 Å². The Morgan fingerprint density at radius 2 is 2.04 bits per heavy atom. The van der Waals surface area contributed by atoms with Crippen molar-refractivity contribution in [2.45, 2.75) is 44.3 Å². The van der Waals surface area contributed by atoms with Crippen molar-refractivity contribution in [2.75, 3.05) is 6.54 Å². The van der Waals surface area contributed by atoms with Gasteiger partial charge in [0.15, 0.2) is 0 Å². The van der Waals surface area contributed by atoms with Crippen LogP contribution in [0, 0.1) is 0 Å². The standard InChI is InChI=1S/C20H25N3O2S/c1-14-12-16(9-10-21-14)22-19(24)17(13-15-6-3-2-4-7-15)23-20(25)18-8-5-11-26-18/h2-8,11,14,16-17,21H,9-10,12-13H2,1H3,(H,22,24)(H,23,25). The van der Waals surface area contributed by atoms with Crippen LogP contribution in [0.1, 0.15) is 35.0 Å². The number of thiophene rings is 1. The summed E-state index contributed by atoms with van der Waals surface area (Å²) in [7, 11) is 0. The predicted octanol–water partition coefficient (Wildman–Crippen LogP) is 2.35. The second-order valence-electron chi connectivity index (χ2n) is 6.78. The second kappa shape index (κ2) is 8.96. The molecule has 1 saturated heterocycles. The van der Waals surface area contributed by atoms with E-state index in [0.29, 0.717) is 17.3 Å². The van der Waals surface area contributed by atoms with Gasteiger partial charge in [0.25, 0.3) is 5.91 Å². The van der Waals surface area contributed by atoms with Gasteiger partial charge in [0.1, 0.15) is 6.04 Å². The SMILES string of the molecule is CC1CC(NC(=O)C(Cc2ccccc2)NC(=O)c2cccs2)CCN1. The van der Waals surface area contributed by atoms with E-state index in [1.807, 2.05) is 41.8 Å². The highest BCUT2D eigenvalue weighted by molar-refractivity contribution is 7.12. The zero-order valence-electron chi connectivity index (χ0n) is 14.9. The van der Waals surface area contributed by atoms with Gasteiger partial charge in [-0.1, -0.05) is 36.4 Å². The first-order valence-corrected chi connectivity index (χ1v) is 9.92. The number of amides is 2. The molecule has 1 aromatic carbocycles. The zero-order valence-corrected chi connectivity index (χ0v) is 15.7. The van der Waals surface area contributed by atoms with Crippen molar-refractivity contribution in [2.24, 2.45) is 0 Å². The first kappa shape index (κ1) is 18.6. The Kier molecular flexibility index (Phi) is 6.41. The van der Waals surface area contributed by atoms with Gasteiger partial charge in [-0.15, -0.1) is 11.3 Å². The first-order chi connectivity index (χ1) is 12.6. The van der Waals surface area contributed by atoms with Gasteiger partial charge < -0.3 is 16.0 Å². The van der Waals surface area contributed by atoms with Gasteiger partial charge in [-0.2, -0.15) is 0 Å². The first-order valence-electron chi connectivity index (χ1n) is 9.04. The van der Waals surface area contributed by atoms with E-state index >= 15 is 0 Å². The van der Waals surface area contributed by atoms with Crippen molar-refractivity contribution < 1.29 is 9.59 Å². The summed E-state index contributed by atoms with van der Waals surface area (Å²) >= 11 is 1.37. The molecular formula is C20H25N3O2S. The van der Waals surface area contributed by atoms with Crippen LogP contribution < -0.4 is 16.0 Å². The third kappa shape index (κ3) is 5.16. The summed E-state index contributed by atoms with van der Waals surface area (Å²) in [6, 6.07) is 13.3. The summed E-state index contributed by atoms with van der Waals surface area (Å²) < 4.78 is 0. The Morgan fingerprint density at radius 1 is 1.23 bits per heavy atom. The normalized spacial score (nSPS) is 21.0. The van der Waals surface area contributed by atoms with Crippen molar-refractivity contribution in [1.29, 1.82) is 0 Å². The largest absolute Gasteiger partial charge is 0.351 e. The maximum Gasteiger partial charge on any atom is 0.262 e. The molecule has 0 saturated carbocycles. The smallest absolute Gasteiger partial charge is 0.262 e. The van der Waals surface area contributed by atoms with E-state index in [1.54, 1.807) is 6.07 Å². The summed E-state index contributed by atoms with van der Waals surface area (Å²) in [5, 5.41) is 11.3. The van der Waals surface area contributed by atoms with Crippen molar-refractivity contribution >= 4 is 23.2 Å². The molecule has 2 aromatic rings. The highest BCUT2D eigenvalue weighted by Gasteiger charge is 2.26. The topological polar surface area (TPSA) is 70.2 Å². The third-order valence-electron chi connectivity index (χ3n) is 4.62. The molecule has 1 aliphatic rings. The van der Waals surface area contributed by atoms with Crippen molar-refractivity contribution in [1.82, 2.24) is 16.0 Å².